The van der Waals surface area contributed by atoms with Gasteiger partial charge in [0.15, 0.2) is 0 Å². The lowest BCUT2D eigenvalue weighted by Gasteiger charge is -2.14. The lowest BCUT2D eigenvalue weighted by atomic mass is 10.2. The van der Waals surface area contributed by atoms with Gasteiger partial charge >= 0.3 is 0 Å². The molecule has 0 saturated heterocycles. The molecule has 0 aliphatic rings. The Kier molecular flexibility index (Phi) is 4.93. The zero-order valence-corrected chi connectivity index (χ0v) is 12.8. The van der Waals surface area contributed by atoms with Crippen molar-refractivity contribution in [3.63, 3.8) is 0 Å². The van der Waals surface area contributed by atoms with Gasteiger partial charge in [0.05, 0.1) is 25.1 Å². The minimum atomic E-state index is 0.644. The molecule has 0 atom stereocenters. The summed E-state index contributed by atoms with van der Waals surface area (Å²) < 4.78 is 11.0. The molecule has 0 unspecified atom stereocenters. The molecule has 2 aromatic rings. The lowest BCUT2D eigenvalue weighted by Crippen LogP contribution is -2.01. The number of rotatable bonds is 6. The van der Waals surface area contributed by atoms with Gasteiger partial charge in [0.25, 0.3) is 0 Å². The van der Waals surface area contributed by atoms with Gasteiger partial charge in [0.2, 0.25) is 0 Å². The zero-order chi connectivity index (χ0) is 15.2. The van der Waals surface area contributed by atoms with E-state index in [0.29, 0.717) is 18.0 Å². The summed E-state index contributed by atoms with van der Waals surface area (Å²) in [7, 11) is 1.66. The fourth-order valence-corrected chi connectivity index (χ4v) is 2.02. The fraction of sp³-hybridized carbons (Fsp3) is 0.294. The van der Waals surface area contributed by atoms with Gasteiger partial charge in [-0.25, -0.2) is 0 Å². The maximum Gasteiger partial charge on any atom is 0.144 e. The van der Waals surface area contributed by atoms with Gasteiger partial charge < -0.3 is 20.5 Å². The highest BCUT2D eigenvalue weighted by atomic mass is 16.5. The molecule has 0 spiro atoms. The highest BCUT2D eigenvalue weighted by Gasteiger charge is 2.06. The lowest BCUT2D eigenvalue weighted by molar-refractivity contribution is 0.319. The summed E-state index contributed by atoms with van der Waals surface area (Å²) in [6.07, 6.45) is 0.947. The Morgan fingerprint density at radius 3 is 2.62 bits per heavy atom. The van der Waals surface area contributed by atoms with Crippen LogP contribution in [0.15, 0.2) is 36.4 Å². The standard InChI is InChI=1S/C17H22N2O2/c1-4-9-21-17-11-13(6-7-14(17)18)19-15-10-12(2)5-8-16(15)20-3/h5-8,10-11,19H,4,9,18H2,1-3H3. The van der Waals surface area contributed by atoms with E-state index in [9.17, 15) is 0 Å². The van der Waals surface area contributed by atoms with E-state index in [0.717, 1.165) is 29.1 Å². The Labute approximate surface area is 125 Å². The van der Waals surface area contributed by atoms with Gasteiger partial charge in [-0.2, -0.15) is 0 Å². The molecule has 2 rings (SSSR count). The molecular weight excluding hydrogens is 264 g/mol. The Balaban J connectivity index is 2.25. The first-order valence-electron chi connectivity index (χ1n) is 7.08. The molecule has 0 bridgehead atoms. The number of benzene rings is 2. The number of ether oxygens (including phenoxy) is 2. The van der Waals surface area contributed by atoms with E-state index in [2.05, 4.69) is 12.2 Å². The van der Waals surface area contributed by atoms with E-state index in [1.165, 1.54) is 0 Å². The van der Waals surface area contributed by atoms with Crippen LogP contribution in [0.5, 0.6) is 11.5 Å². The van der Waals surface area contributed by atoms with Crippen LogP contribution in [0.2, 0.25) is 0 Å². The second-order valence-corrected chi connectivity index (χ2v) is 4.93. The number of methoxy groups -OCH3 is 1. The Morgan fingerprint density at radius 2 is 1.90 bits per heavy atom. The van der Waals surface area contributed by atoms with Crippen LogP contribution in [0.4, 0.5) is 17.1 Å². The maximum atomic E-state index is 5.93. The Morgan fingerprint density at radius 1 is 1.10 bits per heavy atom. The Hall–Kier alpha value is -2.36. The van der Waals surface area contributed by atoms with Crippen molar-refractivity contribution in [2.75, 3.05) is 24.8 Å². The molecule has 0 radical (unpaired) electrons. The van der Waals surface area contributed by atoms with Crippen LogP contribution in [0.25, 0.3) is 0 Å². The monoisotopic (exact) mass is 286 g/mol. The molecule has 2 aromatic carbocycles. The van der Waals surface area contributed by atoms with Crippen molar-refractivity contribution in [3.8, 4) is 11.5 Å². The SMILES string of the molecule is CCCOc1cc(Nc2cc(C)ccc2OC)ccc1N. The van der Waals surface area contributed by atoms with Crippen LogP contribution in [-0.4, -0.2) is 13.7 Å². The zero-order valence-electron chi connectivity index (χ0n) is 12.8. The molecule has 0 fully saturated rings. The predicted molar refractivity (Wildman–Crippen MR) is 87.7 cm³/mol. The quantitative estimate of drug-likeness (QED) is 0.784. The van der Waals surface area contributed by atoms with Crippen molar-refractivity contribution in [3.05, 3.63) is 42.0 Å². The number of hydrogen-bond acceptors (Lipinski definition) is 4. The predicted octanol–water partition coefficient (Wildman–Crippen LogP) is 4.12. The van der Waals surface area contributed by atoms with Crippen LogP contribution in [-0.2, 0) is 0 Å². The van der Waals surface area contributed by atoms with E-state index in [1.54, 1.807) is 7.11 Å². The van der Waals surface area contributed by atoms with E-state index < -0.39 is 0 Å². The summed E-state index contributed by atoms with van der Waals surface area (Å²) in [4.78, 5) is 0. The molecule has 112 valence electrons. The third-order valence-corrected chi connectivity index (χ3v) is 3.11. The number of aryl methyl sites for hydroxylation is 1. The summed E-state index contributed by atoms with van der Waals surface area (Å²) >= 11 is 0. The molecule has 0 amide bonds. The van der Waals surface area contributed by atoms with Crippen molar-refractivity contribution in [2.24, 2.45) is 0 Å². The molecule has 0 saturated carbocycles. The number of nitrogen functional groups attached to an aromatic ring is 1. The molecule has 0 aliphatic carbocycles. The molecule has 21 heavy (non-hydrogen) atoms. The number of hydrogen-bond donors (Lipinski definition) is 2. The van der Waals surface area contributed by atoms with Gasteiger partial charge in [-0.3, -0.25) is 0 Å². The van der Waals surface area contributed by atoms with E-state index in [1.807, 2.05) is 43.3 Å². The summed E-state index contributed by atoms with van der Waals surface area (Å²) in [5.41, 5.74) is 9.57. The Bertz CT molecular complexity index is 612. The highest BCUT2D eigenvalue weighted by Crippen LogP contribution is 2.32. The number of nitrogens with two attached hydrogens (primary N) is 1. The normalized spacial score (nSPS) is 10.2. The first kappa shape index (κ1) is 15.0. The molecule has 3 N–H and O–H groups in total. The average Bonchev–Trinajstić information content (AvgIpc) is 2.48. The largest absolute Gasteiger partial charge is 0.495 e. The van der Waals surface area contributed by atoms with Crippen LogP contribution in [0, 0.1) is 6.92 Å². The topological polar surface area (TPSA) is 56.5 Å². The maximum absolute atomic E-state index is 5.93. The summed E-state index contributed by atoms with van der Waals surface area (Å²) in [5.74, 6) is 1.50. The molecule has 4 heteroatoms. The first-order valence-corrected chi connectivity index (χ1v) is 7.08. The third-order valence-electron chi connectivity index (χ3n) is 3.11. The van der Waals surface area contributed by atoms with Crippen molar-refractivity contribution in [1.29, 1.82) is 0 Å². The minimum absolute atomic E-state index is 0.644. The second-order valence-electron chi connectivity index (χ2n) is 4.93. The van der Waals surface area contributed by atoms with E-state index in [-0.39, 0.29) is 0 Å². The number of nitrogens with one attached hydrogen (secondary N) is 1. The molecular formula is C17H22N2O2. The number of anilines is 3. The van der Waals surface area contributed by atoms with E-state index in [4.69, 9.17) is 15.2 Å². The van der Waals surface area contributed by atoms with Crippen molar-refractivity contribution in [2.45, 2.75) is 20.3 Å². The van der Waals surface area contributed by atoms with Crippen LogP contribution in [0.1, 0.15) is 18.9 Å². The third kappa shape index (κ3) is 3.81. The van der Waals surface area contributed by atoms with Crippen LogP contribution in [0.3, 0.4) is 0 Å². The highest BCUT2D eigenvalue weighted by molar-refractivity contribution is 5.70. The summed E-state index contributed by atoms with van der Waals surface area (Å²) in [6.45, 7) is 4.76. The molecule has 0 heterocycles. The van der Waals surface area contributed by atoms with Crippen molar-refractivity contribution < 1.29 is 9.47 Å². The summed E-state index contributed by atoms with van der Waals surface area (Å²) in [5, 5.41) is 3.35. The van der Waals surface area contributed by atoms with Crippen molar-refractivity contribution in [1.82, 2.24) is 0 Å². The van der Waals surface area contributed by atoms with Gasteiger partial charge in [0, 0.05) is 11.8 Å². The second kappa shape index (κ2) is 6.88. The van der Waals surface area contributed by atoms with Crippen LogP contribution >= 0.6 is 0 Å². The minimum Gasteiger partial charge on any atom is -0.495 e. The van der Waals surface area contributed by atoms with E-state index >= 15 is 0 Å². The van der Waals surface area contributed by atoms with Gasteiger partial charge in [-0.1, -0.05) is 13.0 Å². The van der Waals surface area contributed by atoms with Gasteiger partial charge in [-0.05, 0) is 43.2 Å². The molecule has 0 aliphatic heterocycles. The van der Waals surface area contributed by atoms with Gasteiger partial charge in [-0.15, -0.1) is 0 Å². The smallest absolute Gasteiger partial charge is 0.144 e. The summed E-state index contributed by atoms with van der Waals surface area (Å²) in [6, 6.07) is 11.7. The molecule has 4 nitrogen and oxygen atoms in total. The average molecular weight is 286 g/mol. The fourth-order valence-electron chi connectivity index (χ4n) is 2.02. The van der Waals surface area contributed by atoms with Gasteiger partial charge in [0.1, 0.15) is 11.5 Å². The molecule has 0 aromatic heterocycles. The first-order chi connectivity index (χ1) is 10.1. The van der Waals surface area contributed by atoms with Crippen LogP contribution < -0.4 is 20.5 Å². The van der Waals surface area contributed by atoms with Crippen molar-refractivity contribution >= 4 is 17.1 Å².